The Hall–Kier alpha value is -3.88. The molecule has 0 aromatic heterocycles. The molecular weight excluding hydrogens is 480 g/mol. The number of rotatable bonds is 6. The highest BCUT2D eigenvalue weighted by atomic mass is 16.1. The number of hydrogen-bond acceptors (Lipinski definition) is 5. The molecule has 1 aliphatic rings. The van der Waals surface area contributed by atoms with E-state index in [4.69, 9.17) is 5.26 Å². The minimum Gasteiger partial charge on any atom is -0.368 e. The normalized spacial score (nSPS) is 18.5. The van der Waals surface area contributed by atoms with Crippen molar-refractivity contribution in [1.82, 2.24) is 4.90 Å². The van der Waals surface area contributed by atoms with Gasteiger partial charge in [0.15, 0.2) is 6.29 Å². The molecule has 0 saturated carbocycles. The van der Waals surface area contributed by atoms with Gasteiger partial charge in [-0.25, -0.2) is 0 Å². The fourth-order valence-corrected chi connectivity index (χ4v) is 6.26. The van der Waals surface area contributed by atoms with Gasteiger partial charge in [-0.15, -0.1) is 0 Å². The zero-order chi connectivity index (χ0) is 28.3. The molecule has 39 heavy (non-hydrogen) atoms. The Bertz CT molecular complexity index is 1360. The summed E-state index contributed by atoms with van der Waals surface area (Å²) in [5.74, 6) is 0. The average molecular weight is 521 g/mol. The maximum atomic E-state index is 12.0. The molecule has 3 aromatic rings. The molecule has 1 saturated heterocycles. The number of piperazine rings is 1. The van der Waals surface area contributed by atoms with Gasteiger partial charge in [-0.3, -0.25) is 9.69 Å². The summed E-state index contributed by atoms with van der Waals surface area (Å²) in [5.41, 5.74) is 7.58. The van der Waals surface area contributed by atoms with E-state index in [2.05, 4.69) is 85.9 Å². The van der Waals surface area contributed by atoms with Crippen LogP contribution in [0.1, 0.15) is 63.0 Å². The number of anilines is 2. The highest BCUT2D eigenvalue weighted by molar-refractivity contribution is 5.93. The summed E-state index contributed by atoms with van der Waals surface area (Å²) >= 11 is 0. The minimum absolute atomic E-state index is 0.157. The maximum Gasteiger partial charge on any atom is 0.150 e. The second-order valence-electron chi connectivity index (χ2n) is 11.7. The third-order valence-electron chi connectivity index (χ3n) is 7.65. The largest absolute Gasteiger partial charge is 0.368 e. The van der Waals surface area contributed by atoms with Crippen LogP contribution in [-0.4, -0.2) is 48.9 Å². The fourth-order valence-electron chi connectivity index (χ4n) is 6.26. The van der Waals surface area contributed by atoms with Gasteiger partial charge in [0.1, 0.15) is 0 Å². The molecule has 0 aliphatic carbocycles. The van der Waals surface area contributed by atoms with Crippen LogP contribution in [0.4, 0.5) is 11.4 Å². The number of carbonyl (C=O) groups excluding carboxylic acids is 1. The third-order valence-corrected chi connectivity index (χ3v) is 7.65. The van der Waals surface area contributed by atoms with Gasteiger partial charge in [0.25, 0.3) is 0 Å². The van der Waals surface area contributed by atoms with Crippen LogP contribution in [0.5, 0.6) is 0 Å². The molecule has 3 aromatic carbocycles. The quantitative estimate of drug-likeness (QED) is 0.321. The van der Waals surface area contributed by atoms with Gasteiger partial charge >= 0.3 is 0 Å². The summed E-state index contributed by atoms with van der Waals surface area (Å²) in [5, 5.41) is 9.17. The SMILES string of the molecule is C/C(=C/N(C)c1ccc(N2CC(C)N(C(C)(C)C)C(C)C2)cc1)c1c(C=O)cccc1-c1ccc(C#N)cc1. The number of allylic oxidation sites excluding steroid dienone is 1. The first-order valence-corrected chi connectivity index (χ1v) is 13.7. The van der Waals surface area contributed by atoms with Gasteiger partial charge in [0.2, 0.25) is 0 Å². The van der Waals surface area contributed by atoms with Crippen LogP contribution in [0.3, 0.4) is 0 Å². The van der Waals surface area contributed by atoms with E-state index in [1.165, 1.54) is 5.69 Å². The van der Waals surface area contributed by atoms with E-state index in [1.807, 2.05) is 56.4 Å². The van der Waals surface area contributed by atoms with Gasteiger partial charge in [0, 0.05) is 60.9 Å². The Balaban J connectivity index is 1.57. The van der Waals surface area contributed by atoms with E-state index in [0.29, 0.717) is 23.2 Å². The Morgan fingerprint density at radius 3 is 2.13 bits per heavy atom. The molecule has 2 unspecified atom stereocenters. The van der Waals surface area contributed by atoms with E-state index in [0.717, 1.165) is 47.3 Å². The smallest absolute Gasteiger partial charge is 0.150 e. The minimum atomic E-state index is 0.157. The Morgan fingerprint density at radius 1 is 0.974 bits per heavy atom. The Kier molecular flexibility index (Phi) is 8.28. The predicted octanol–water partition coefficient (Wildman–Crippen LogP) is 7.23. The topological polar surface area (TPSA) is 50.6 Å². The molecule has 202 valence electrons. The van der Waals surface area contributed by atoms with Crippen molar-refractivity contribution in [1.29, 1.82) is 5.26 Å². The van der Waals surface area contributed by atoms with Crippen molar-refractivity contribution in [2.75, 3.05) is 29.9 Å². The van der Waals surface area contributed by atoms with Gasteiger partial charge in [0.05, 0.1) is 11.6 Å². The van der Waals surface area contributed by atoms with E-state index in [-0.39, 0.29) is 5.54 Å². The second-order valence-corrected chi connectivity index (χ2v) is 11.7. The van der Waals surface area contributed by atoms with Crippen LogP contribution in [0.2, 0.25) is 0 Å². The van der Waals surface area contributed by atoms with Crippen molar-refractivity contribution in [3.8, 4) is 17.2 Å². The van der Waals surface area contributed by atoms with Crippen LogP contribution in [0.25, 0.3) is 16.7 Å². The van der Waals surface area contributed by atoms with Crippen LogP contribution in [0, 0.1) is 11.3 Å². The number of nitriles is 1. The van der Waals surface area contributed by atoms with Gasteiger partial charge < -0.3 is 9.80 Å². The summed E-state index contributed by atoms with van der Waals surface area (Å²) in [7, 11) is 2.04. The lowest BCUT2D eigenvalue weighted by Gasteiger charge is -2.51. The summed E-state index contributed by atoms with van der Waals surface area (Å²) in [6, 6.07) is 25.1. The summed E-state index contributed by atoms with van der Waals surface area (Å²) in [6.45, 7) is 15.6. The van der Waals surface area contributed by atoms with Gasteiger partial charge in [-0.2, -0.15) is 5.26 Å². The zero-order valence-electron chi connectivity index (χ0n) is 24.3. The van der Waals surface area contributed by atoms with Gasteiger partial charge in [-0.1, -0.05) is 30.3 Å². The summed E-state index contributed by atoms with van der Waals surface area (Å²) in [6.07, 6.45) is 2.99. The maximum absolute atomic E-state index is 12.0. The van der Waals surface area contributed by atoms with Crippen LogP contribution in [0.15, 0.2) is 72.9 Å². The fraction of sp³-hybridized carbons (Fsp3) is 0.353. The molecule has 0 spiro atoms. The van der Waals surface area contributed by atoms with E-state index in [9.17, 15) is 4.79 Å². The molecule has 2 atom stereocenters. The van der Waals surface area contributed by atoms with Crippen LogP contribution < -0.4 is 9.80 Å². The van der Waals surface area contributed by atoms with Crippen molar-refractivity contribution in [3.05, 3.63) is 89.6 Å². The molecular formula is C34H40N4O. The van der Waals surface area contributed by atoms with E-state index >= 15 is 0 Å². The van der Waals surface area contributed by atoms with Crippen molar-refractivity contribution < 1.29 is 4.79 Å². The second kappa shape index (κ2) is 11.5. The number of hydrogen-bond donors (Lipinski definition) is 0. The molecule has 1 fully saturated rings. The molecule has 1 aliphatic heterocycles. The molecule has 0 bridgehead atoms. The number of nitrogens with zero attached hydrogens (tertiary/aromatic N) is 4. The van der Waals surface area contributed by atoms with Crippen molar-refractivity contribution in [3.63, 3.8) is 0 Å². The van der Waals surface area contributed by atoms with E-state index < -0.39 is 0 Å². The first-order valence-electron chi connectivity index (χ1n) is 13.7. The molecule has 5 heteroatoms. The number of carbonyl (C=O) groups is 1. The first-order chi connectivity index (χ1) is 18.5. The Morgan fingerprint density at radius 2 is 1.59 bits per heavy atom. The zero-order valence-corrected chi connectivity index (χ0v) is 24.3. The predicted molar refractivity (Wildman–Crippen MR) is 163 cm³/mol. The number of benzene rings is 3. The summed E-state index contributed by atoms with van der Waals surface area (Å²) in [4.78, 5) is 19.2. The highest BCUT2D eigenvalue weighted by Crippen LogP contribution is 2.33. The Labute approximate surface area is 234 Å². The lowest BCUT2D eigenvalue weighted by molar-refractivity contribution is 0.0361. The summed E-state index contributed by atoms with van der Waals surface area (Å²) < 4.78 is 0. The lowest BCUT2D eigenvalue weighted by atomic mass is 9.91. The third kappa shape index (κ3) is 6.08. The molecule has 0 amide bonds. The number of aldehydes is 1. The standard InChI is InChI=1S/C34H40N4O/c1-24(33-29(23-39)9-8-10-32(33)28-13-11-27(19-35)12-14-28)20-36(7)30-15-17-31(18-16-30)37-21-25(2)38(26(3)22-37)34(4,5)6/h8-18,20,23,25-26H,21-22H2,1-7H3/b24-20-. The van der Waals surface area contributed by atoms with Gasteiger partial charge in [-0.05, 0) is 100 Å². The lowest BCUT2D eigenvalue weighted by Crippen LogP contribution is -2.62. The molecule has 5 nitrogen and oxygen atoms in total. The molecule has 4 rings (SSSR count). The molecule has 1 heterocycles. The highest BCUT2D eigenvalue weighted by Gasteiger charge is 2.36. The molecule has 0 radical (unpaired) electrons. The average Bonchev–Trinajstić information content (AvgIpc) is 2.91. The monoisotopic (exact) mass is 520 g/mol. The van der Waals surface area contributed by atoms with Crippen molar-refractivity contribution >= 4 is 23.2 Å². The van der Waals surface area contributed by atoms with Crippen molar-refractivity contribution in [2.24, 2.45) is 0 Å². The van der Waals surface area contributed by atoms with Crippen molar-refractivity contribution in [2.45, 2.75) is 59.2 Å². The van der Waals surface area contributed by atoms with Crippen LogP contribution >= 0.6 is 0 Å². The van der Waals surface area contributed by atoms with Crippen LogP contribution in [-0.2, 0) is 0 Å². The molecule has 0 N–H and O–H groups in total. The van der Waals surface area contributed by atoms with E-state index in [1.54, 1.807) is 0 Å². The first kappa shape index (κ1) is 28.1.